The van der Waals surface area contributed by atoms with E-state index in [1.54, 1.807) is 6.20 Å². The zero-order valence-corrected chi connectivity index (χ0v) is 8.04. The van der Waals surface area contributed by atoms with Crippen molar-refractivity contribution in [2.75, 3.05) is 0 Å². The van der Waals surface area contributed by atoms with Crippen LogP contribution in [0.3, 0.4) is 0 Å². The fraction of sp³-hybridized carbons (Fsp3) is 0.125. The Balaban J connectivity index is 2.51. The summed E-state index contributed by atoms with van der Waals surface area (Å²) in [5.41, 5.74) is -0.0753. The molecule has 0 aliphatic heterocycles. The third-order valence-corrected chi connectivity index (χ3v) is 2.53. The van der Waals surface area contributed by atoms with Crippen molar-refractivity contribution in [3.8, 4) is 10.6 Å². The van der Waals surface area contributed by atoms with E-state index < -0.39 is 5.97 Å². The van der Waals surface area contributed by atoms with Crippen LogP contribution in [0.25, 0.3) is 10.6 Å². The Hall–Kier alpha value is -1.69. The van der Waals surface area contributed by atoms with Gasteiger partial charge in [-0.05, 0) is 6.92 Å². The summed E-state index contributed by atoms with van der Waals surface area (Å²) in [6.45, 7) is 1.84. The predicted molar refractivity (Wildman–Crippen MR) is 49.3 cm³/mol. The number of aromatic carboxylic acids is 1. The quantitative estimate of drug-likeness (QED) is 0.817. The average Bonchev–Trinajstić information content (AvgIpc) is 2.70. The van der Waals surface area contributed by atoms with E-state index in [2.05, 4.69) is 9.97 Å². The molecule has 72 valence electrons. The first-order valence-electron chi connectivity index (χ1n) is 3.78. The lowest BCUT2D eigenvalue weighted by Crippen LogP contribution is -1.97. The van der Waals surface area contributed by atoms with E-state index in [9.17, 15) is 4.79 Å². The van der Waals surface area contributed by atoms with Gasteiger partial charge in [-0.25, -0.2) is 14.8 Å². The summed E-state index contributed by atoms with van der Waals surface area (Å²) in [5, 5.41) is 9.64. The Kier molecular flexibility index (Phi) is 2.05. The van der Waals surface area contributed by atoms with E-state index in [1.165, 1.54) is 11.3 Å². The van der Waals surface area contributed by atoms with Crippen LogP contribution >= 0.6 is 11.3 Å². The number of aryl methyl sites for hydroxylation is 1. The molecule has 6 heteroatoms. The maximum absolute atomic E-state index is 10.7. The molecule has 0 amide bonds. The standard InChI is InChI=1S/C8H6N2O3S/c1-4-9-2-5(14-4)7-6(8(11)12)10-3-13-7/h2-3H,1H3,(H,11,12). The molecule has 0 aromatic carbocycles. The summed E-state index contributed by atoms with van der Waals surface area (Å²) >= 11 is 1.37. The molecular weight excluding hydrogens is 204 g/mol. The molecule has 0 spiro atoms. The van der Waals surface area contributed by atoms with Gasteiger partial charge >= 0.3 is 5.97 Å². The van der Waals surface area contributed by atoms with Crippen LogP contribution in [-0.4, -0.2) is 21.0 Å². The van der Waals surface area contributed by atoms with Crippen LogP contribution in [-0.2, 0) is 0 Å². The molecule has 2 rings (SSSR count). The summed E-state index contributed by atoms with van der Waals surface area (Å²) in [6.07, 6.45) is 2.70. The predicted octanol–water partition coefficient (Wildman–Crippen LogP) is 1.80. The van der Waals surface area contributed by atoms with E-state index >= 15 is 0 Å². The molecule has 2 aromatic rings. The summed E-state index contributed by atoms with van der Waals surface area (Å²) in [4.78, 5) is 19.0. The van der Waals surface area contributed by atoms with E-state index in [0.29, 0.717) is 4.88 Å². The minimum Gasteiger partial charge on any atom is -0.476 e. The van der Waals surface area contributed by atoms with Crippen molar-refractivity contribution in [2.24, 2.45) is 0 Å². The number of hydrogen-bond acceptors (Lipinski definition) is 5. The number of rotatable bonds is 2. The molecule has 0 atom stereocenters. The molecule has 0 aliphatic rings. The van der Waals surface area contributed by atoms with E-state index in [1.807, 2.05) is 6.92 Å². The second-order valence-electron chi connectivity index (χ2n) is 2.58. The van der Waals surface area contributed by atoms with E-state index in [0.717, 1.165) is 11.4 Å². The minimum atomic E-state index is -1.10. The molecule has 0 fully saturated rings. The number of nitrogens with zero attached hydrogens (tertiary/aromatic N) is 2. The van der Waals surface area contributed by atoms with Crippen molar-refractivity contribution in [3.63, 3.8) is 0 Å². The van der Waals surface area contributed by atoms with E-state index in [-0.39, 0.29) is 11.5 Å². The second-order valence-corrected chi connectivity index (χ2v) is 3.81. The summed E-state index contributed by atoms with van der Waals surface area (Å²) in [5.74, 6) is -0.831. The van der Waals surface area contributed by atoms with Gasteiger partial charge in [0.1, 0.15) is 0 Å². The number of carboxylic acids is 1. The van der Waals surface area contributed by atoms with Crippen molar-refractivity contribution >= 4 is 17.3 Å². The van der Waals surface area contributed by atoms with Gasteiger partial charge in [0.05, 0.1) is 9.88 Å². The van der Waals surface area contributed by atoms with Gasteiger partial charge in [-0.15, -0.1) is 11.3 Å². The highest BCUT2D eigenvalue weighted by atomic mass is 32.1. The Labute approximate surface area is 83.0 Å². The number of carbonyl (C=O) groups is 1. The number of carboxylic acid groups (broad SMARTS) is 1. The molecule has 0 saturated carbocycles. The average molecular weight is 210 g/mol. The molecule has 14 heavy (non-hydrogen) atoms. The fourth-order valence-electron chi connectivity index (χ4n) is 1.04. The van der Waals surface area contributed by atoms with Gasteiger partial charge in [0.2, 0.25) is 0 Å². The lowest BCUT2D eigenvalue weighted by Gasteiger charge is -1.90. The zero-order valence-electron chi connectivity index (χ0n) is 7.22. The van der Waals surface area contributed by atoms with Gasteiger partial charge in [-0.3, -0.25) is 0 Å². The third kappa shape index (κ3) is 1.39. The van der Waals surface area contributed by atoms with E-state index in [4.69, 9.17) is 9.52 Å². The first-order chi connectivity index (χ1) is 6.68. The molecule has 2 aromatic heterocycles. The van der Waals surface area contributed by atoms with Crippen LogP contribution in [0.15, 0.2) is 17.0 Å². The minimum absolute atomic E-state index is 0.0753. The van der Waals surface area contributed by atoms with Crippen molar-refractivity contribution in [1.82, 2.24) is 9.97 Å². The molecule has 0 radical (unpaired) electrons. The highest BCUT2D eigenvalue weighted by Gasteiger charge is 2.18. The van der Waals surface area contributed by atoms with Gasteiger partial charge in [0, 0.05) is 6.20 Å². The monoisotopic (exact) mass is 210 g/mol. The smallest absolute Gasteiger partial charge is 0.358 e. The van der Waals surface area contributed by atoms with Gasteiger partial charge in [-0.2, -0.15) is 0 Å². The highest BCUT2D eigenvalue weighted by molar-refractivity contribution is 7.15. The molecule has 0 aliphatic carbocycles. The largest absolute Gasteiger partial charge is 0.476 e. The van der Waals surface area contributed by atoms with Crippen LogP contribution in [0, 0.1) is 6.92 Å². The highest BCUT2D eigenvalue weighted by Crippen LogP contribution is 2.28. The van der Waals surface area contributed by atoms with Gasteiger partial charge in [0.25, 0.3) is 0 Å². The zero-order chi connectivity index (χ0) is 10.1. The van der Waals surface area contributed by atoms with Crippen molar-refractivity contribution < 1.29 is 14.3 Å². The molecule has 1 N–H and O–H groups in total. The first kappa shape index (κ1) is 8.89. The summed E-state index contributed by atoms with van der Waals surface area (Å²) < 4.78 is 5.00. The lowest BCUT2D eigenvalue weighted by atomic mass is 10.3. The summed E-state index contributed by atoms with van der Waals surface area (Å²) in [7, 11) is 0. The van der Waals surface area contributed by atoms with Crippen LogP contribution in [0.5, 0.6) is 0 Å². The topological polar surface area (TPSA) is 76.2 Å². The Bertz CT molecular complexity index is 474. The van der Waals surface area contributed by atoms with Crippen molar-refractivity contribution in [2.45, 2.75) is 6.92 Å². The Morgan fingerprint density at radius 2 is 2.36 bits per heavy atom. The first-order valence-corrected chi connectivity index (χ1v) is 4.59. The molecule has 0 unspecified atom stereocenters. The normalized spacial score (nSPS) is 10.4. The molecule has 2 heterocycles. The van der Waals surface area contributed by atoms with Crippen molar-refractivity contribution in [1.29, 1.82) is 0 Å². The third-order valence-electron chi connectivity index (χ3n) is 1.62. The lowest BCUT2D eigenvalue weighted by molar-refractivity contribution is 0.0691. The molecule has 0 bridgehead atoms. The Morgan fingerprint density at radius 1 is 1.57 bits per heavy atom. The van der Waals surface area contributed by atoms with Gasteiger partial charge in [0.15, 0.2) is 17.8 Å². The Morgan fingerprint density at radius 3 is 2.93 bits per heavy atom. The SMILES string of the molecule is Cc1ncc(-c2ocnc2C(=O)O)s1. The van der Waals surface area contributed by atoms with Crippen LogP contribution in [0.4, 0.5) is 0 Å². The van der Waals surface area contributed by atoms with Gasteiger partial charge < -0.3 is 9.52 Å². The number of thiazole rings is 1. The maximum atomic E-state index is 10.7. The van der Waals surface area contributed by atoms with Crippen molar-refractivity contribution in [3.05, 3.63) is 23.3 Å². The number of aromatic nitrogens is 2. The number of oxazole rings is 1. The molecule has 0 saturated heterocycles. The summed E-state index contributed by atoms with van der Waals surface area (Å²) in [6, 6.07) is 0. The van der Waals surface area contributed by atoms with Gasteiger partial charge in [-0.1, -0.05) is 0 Å². The number of hydrogen-bond donors (Lipinski definition) is 1. The fourth-order valence-corrected chi connectivity index (χ4v) is 1.81. The molecular formula is C8H6N2O3S. The van der Waals surface area contributed by atoms with Crippen LogP contribution < -0.4 is 0 Å². The second kappa shape index (κ2) is 3.22. The van der Waals surface area contributed by atoms with Crippen LogP contribution in [0.2, 0.25) is 0 Å². The maximum Gasteiger partial charge on any atom is 0.358 e. The van der Waals surface area contributed by atoms with Crippen LogP contribution in [0.1, 0.15) is 15.5 Å². The molecule has 5 nitrogen and oxygen atoms in total.